The summed E-state index contributed by atoms with van der Waals surface area (Å²) in [5.41, 5.74) is 3.22. The van der Waals surface area contributed by atoms with Crippen molar-refractivity contribution in [1.82, 2.24) is 9.71 Å². The first-order valence-electron chi connectivity index (χ1n) is 11.1. The molecule has 1 aromatic heterocycles. The third-order valence-electron chi connectivity index (χ3n) is 5.52. The van der Waals surface area contributed by atoms with Gasteiger partial charge >= 0.3 is 0 Å². The monoisotopic (exact) mass is 497 g/mol. The summed E-state index contributed by atoms with van der Waals surface area (Å²) in [5.74, 6) is 0.0540. The number of non-ortho nitro benzene ring substituents is 1. The molecule has 0 aliphatic rings. The number of nitro groups is 1. The summed E-state index contributed by atoms with van der Waals surface area (Å²) in [4.78, 5) is 28.7. The van der Waals surface area contributed by atoms with Crippen molar-refractivity contribution in [3.05, 3.63) is 86.6 Å². The van der Waals surface area contributed by atoms with Crippen LogP contribution < -0.4 is 9.46 Å². The van der Waals surface area contributed by atoms with Crippen LogP contribution in [0.15, 0.2) is 53.4 Å². The number of hydrogen-bond donors (Lipinski definition) is 2. The molecule has 3 rings (SSSR count). The molecular weight excluding hydrogens is 466 g/mol. The van der Waals surface area contributed by atoms with Gasteiger partial charge in [-0.25, -0.2) is 4.98 Å². The van der Waals surface area contributed by atoms with Crippen LogP contribution in [0.5, 0.6) is 11.6 Å². The predicted molar refractivity (Wildman–Crippen MR) is 138 cm³/mol. The average Bonchev–Trinajstić information content (AvgIpc) is 2.75. The highest BCUT2D eigenvalue weighted by molar-refractivity contribution is 8.01. The number of pyridine rings is 1. The van der Waals surface area contributed by atoms with Crippen molar-refractivity contribution in [1.29, 1.82) is 0 Å². The predicted octanol–water partition coefficient (Wildman–Crippen LogP) is 5.36. The Hall–Kier alpha value is -3.59. The van der Waals surface area contributed by atoms with E-state index in [2.05, 4.69) is 9.71 Å². The maximum Gasteiger partial charge on any atom is 0.270 e. The van der Waals surface area contributed by atoms with Crippen LogP contribution in [-0.2, 0) is 15.5 Å². The van der Waals surface area contributed by atoms with Crippen molar-refractivity contribution >= 4 is 21.7 Å². The smallest absolute Gasteiger partial charge is 0.270 e. The van der Waals surface area contributed by atoms with Gasteiger partial charge in [0.25, 0.3) is 11.6 Å². The number of thiol groups is 1. The van der Waals surface area contributed by atoms with Gasteiger partial charge in [-0.1, -0.05) is 44.5 Å². The molecule has 0 unspecified atom stereocenters. The van der Waals surface area contributed by atoms with Crippen LogP contribution in [0.3, 0.4) is 0 Å². The Morgan fingerprint density at radius 2 is 1.69 bits per heavy atom. The van der Waals surface area contributed by atoms with E-state index in [-0.39, 0.29) is 27.4 Å². The van der Waals surface area contributed by atoms with Crippen LogP contribution in [0.2, 0.25) is 0 Å². The van der Waals surface area contributed by atoms with Crippen molar-refractivity contribution in [3.8, 4) is 11.6 Å². The molecule has 1 heterocycles. The molecule has 0 aliphatic heterocycles. The van der Waals surface area contributed by atoms with Crippen molar-refractivity contribution in [3.63, 3.8) is 0 Å². The van der Waals surface area contributed by atoms with Crippen LogP contribution in [0.4, 0.5) is 5.69 Å². The summed E-state index contributed by atoms with van der Waals surface area (Å²) in [7, 11) is -3.49. The van der Waals surface area contributed by atoms with Gasteiger partial charge in [-0.2, -0.15) is 0 Å². The maximum absolute atomic E-state index is 13.4. The fourth-order valence-electron chi connectivity index (χ4n) is 3.72. The lowest BCUT2D eigenvalue weighted by atomic mass is 9.91. The summed E-state index contributed by atoms with van der Waals surface area (Å²) in [6, 6.07) is 12.8. The van der Waals surface area contributed by atoms with Gasteiger partial charge in [0.05, 0.1) is 4.92 Å². The molecule has 35 heavy (non-hydrogen) atoms. The third-order valence-corrected chi connectivity index (χ3v) is 7.42. The second-order valence-corrected chi connectivity index (χ2v) is 12.4. The highest BCUT2D eigenvalue weighted by Gasteiger charge is 2.25. The summed E-state index contributed by atoms with van der Waals surface area (Å²) in [6.07, 6.45) is 1.36. The van der Waals surface area contributed by atoms with Gasteiger partial charge < -0.3 is 4.74 Å². The topological polar surface area (TPSA) is 111 Å². The minimum Gasteiger partial charge on any atom is -0.438 e. The Balaban J connectivity index is 2.04. The molecular formula is C26H31N3O5S. The number of nitrogens with zero attached hydrogens (tertiary/aromatic N) is 2. The largest absolute Gasteiger partial charge is 0.438 e. The average molecular weight is 498 g/mol. The molecule has 0 spiro atoms. The molecule has 8 nitrogen and oxygen atoms in total. The van der Waals surface area contributed by atoms with E-state index < -0.39 is 20.9 Å². The van der Waals surface area contributed by atoms with Crippen molar-refractivity contribution in [2.75, 3.05) is 6.26 Å². The normalized spacial score (nSPS) is 12.2. The third kappa shape index (κ3) is 5.92. The highest BCUT2D eigenvalue weighted by Crippen LogP contribution is 2.33. The molecule has 0 saturated carbocycles. The summed E-state index contributed by atoms with van der Waals surface area (Å²) >= 11 is 0. The van der Waals surface area contributed by atoms with E-state index in [0.29, 0.717) is 5.75 Å². The number of amides is 1. The van der Waals surface area contributed by atoms with E-state index in [1.165, 1.54) is 30.5 Å². The summed E-state index contributed by atoms with van der Waals surface area (Å²) in [6.45, 7) is 11.8. The molecule has 0 saturated heterocycles. The first-order valence-corrected chi connectivity index (χ1v) is 13.3. The van der Waals surface area contributed by atoms with Crippen LogP contribution in [0, 0.1) is 30.9 Å². The molecule has 0 radical (unpaired) electrons. The van der Waals surface area contributed by atoms with Gasteiger partial charge in [0.1, 0.15) is 11.3 Å². The van der Waals surface area contributed by atoms with E-state index in [4.69, 9.17) is 4.74 Å². The van der Waals surface area contributed by atoms with Crippen molar-refractivity contribution < 1.29 is 18.7 Å². The van der Waals surface area contributed by atoms with E-state index in [1.54, 1.807) is 12.1 Å². The number of hydrogen-bond acceptors (Lipinski definition) is 6. The minimum atomic E-state index is -3.49. The summed E-state index contributed by atoms with van der Waals surface area (Å²) < 4.78 is 22.2. The molecule has 186 valence electrons. The lowest BCUT2D eigenvalue weighted by Crippen LogP contribution is -2.36. The van der Waals surface area contributed by atoms with Crippen LogP contribution in [-0.4, -0.2) is 26.3 Å². The number of rotatable bonds is 6. The Morgan fingerprint density at radius 1 is 1.06 bits per heavy atom. The second kappa shape index (κ2) is 9.58. The van der Waals surface area contributed by atoms with Crippen LogP contribution in [0.25, 0.3) is 0 Å². The fourth-order valence-corrected chi connectivity index (χ4v) is 5.11. The molecule has 0 atom stereocenters. The van der Waals surface area contributed by atoms with E-state index in [9.17, 15) is 19.1 Å². The van der Waals surface area contributed by atoms with Crippen LogP contribution >= 0.6 is 0 Å². The maximum atomic E-state index is 13.4. The first kappa shape index (κ1) is 26.0. The standard InChI is InChI=1S/C26H31N3O5S/c1-16-13-17(2)23(18(3)14-16)34-25-21(11-12-22(27-25)26(4,5)6)24(30)28-35(7,33)20-10-8-9-19(15-20)29(31)32/h8-15,35H,1-7H3,(H,28,30,33). The first-order chi connectivity index (χ1) is 16.2. The van der Waals surface area contributed by atoms with E-state index in [0.717, 1.165) is 22.4 Å². The molecule has 0 bridgehead atoms. The number of benzene rings is 2. The fraction of sp³-hybridized carbons (Fsp3) is 0.308. The number of aromatic nitrogens is 1. The van der Waals surface area contributed by atoms with Gasteiger partial charge in [0.2, 0.25) is 5.88 Å². The lowest BCUT2D eigenvalue weighted by molar-refractivity contribution is -0.385. The van der Waals surface area contributed by atoms with Gasteiger partial charge in [0.15, 0.2) is 0 Å². The molecule has 0 fully saturated rings. The molecule has 0 aliphatic carbocycles. The Kier molecular flexibility index (Phi) is 7.12. The minimum absolute atomic E-state index is 0.101. The van der Waals surface area contributed by atoms with Gasteiger partial charge in [-0.05, 0) is 60.2 Å². The van der Waals surface area contributed by atoms with Crippen molar-refractivity contribution in [2.45, 2.75) is 51.9 Å². The molecule has 1 N–H and O–H groups in total. The number of nitrogens with one attached hydrogen (secondary N) is 1. The number of nitro benzene ring substituents is 1. The second-order valence-electron chi connectivity index (χ2n) is 9.77. The Labute approximate surface area is 206 Å². The Bertz CT molecular complexity index is 1340. The SMILES string of the molecule is Cc1cc(C)c(Oc2nc(C(C)(C)C)ccc2C(=O)N[SH](C)(=O)c2cccc([N+](=O)[O-])c2)c(C)c1. The van der Waals surface area contributed by atoms with E-state index >= 15 is 0 Å². The molecule has 2 aromatic carbocycles. The van der Waals surface area contributed by atoms with Crippen molar-refractivity contribution in [2.24, 2.45) is 0 Å². The highest BCUT2D eigenvalue weighted by atomic mass is 32.3. The number of aryl methyl sites for hydroxylation is 3. The lowest BCUT2D eigenvalue weighted by Gasteiger charge is -2.23. The molecule has 1 amide bonds. The molecule has 9 heteroatoms. The van der Waals surface area contributed by atoms with Gasteiger partial charge in [-0.15, -0.1) is 0 Å². The zero-order chi connectivity index (χ0) is 26.1. The zero-order valence-electron chi connectivity index (χ0n) is 21.0. The summed E-state index contributed by atoms with van der Waals surface area (Å²) in [5, 5.41) is 11.1. The number of carbonyl (C=O) groups excluding carboxylic acids is 1. The molecule has 3 aromatic rings. The van der Waals surface area contributed by atoms with E-state index in [1.807, 2.05) is 53.7 Å². The van der Waals surface area contributed by atoms with Crippen LogP contribution in [0.1, 0.15) is 53.5 Å². The number of ether oxygens (including phenoxy) is 1. The Morgan fingerprint density at radius 3 is 2.26 bits per heavy atom. The van der Waals surface area contributed by atoms with Gasteiger partial charge in [-0.3, -0.25) is 23.8 Å². The van der Waals surface area contributed by atoms with Gasteiger partial charge in [0, 0.05) is 34.4 Å². The quantitative estimate of drug-likeness (QED) is 0.270. The zero-order valence-corrected chi connectivity index (χ0v) is 21.9. The number of carbonyl (C=O) groups is 1.